The van der Waals surface area contributed by atoms with Crippen LogP contribution < -0.4 is 11.3 Å². The highest BCUT2D eigenvalue weighted by molar-refractivity contribution is 9.10. The van der Waals surface area contributed by atoms with Crippen molar-refractivity contribution in [1.29, 1.82) is 0 Å². The standard InChI is InChI=1S/C12H13BrN2S/c1-8-6-7-11(16-8)12(15-14)9-4-2-3-5-10(9)13/h2-7,12,15H,14H2,1H3. The van der Waals surface area contributed by atoms with E-state index >= 15 is 0 Å². The number of aryl methyl sites for hydroxylation is 1. The topological polar surface area (TPSA) is 38.0 Å². The van der Waals surface area contributed by atoms with Crippen LogP contribution in [0.25, 0.3) is 0 Å². The van der Waals surface area contributed by atoms with E-state index in [4.69, 9.17) is 5.84 Å². The maximum absolute atomic E-state index is 5.65. The maximum Gasteiger partial charge on any atom is 0.0813 e. The van der Waals surface area contributed by atoms with E-state index in [1.807, 2.05) is 18.2 Å². The lowest BCUT2D eigenvalue weighted by atomic mass is 10.1. The number of halogens is 1. The molecule has 1 aromatic carbocycles. The predicted molar refractivity (Wildman–Crippen MR) is 72.4 cm³/mol. The zero-order valence-corrected chi connectivity index (χ0v) is 11.3. The van der Waals surface area contributed by atoms with E-state index in [1.54, 1.807) is 11.3 Å². The Hall–Kier alpha value is -0.680. The van der Waals surface area contributed by atoms with Crippen LogP contribution in [0, 0.1) is 6.92 Å². The van der Waals surface area contributed by atoms with Crippen LogP contribution in [0.15, 0.2) is 40.9 Å². The van der Waals surface area contributed by atoms with Crippen LogP contribution in [0.3, 0.4) is 0 Å². The van der Waals surface area contributed by atoms with Crippen molar-refractivity contribution in [2.75, 3.05) is 0 Å². The summed E-state index contributed by atoms with van der Waals surface area (Å²) in [6, 6.07) is 12.4. The van der Waals surface area contributed by atoms with E-state index in [0.29, 0.717) is 0 Å². The van der Waals surface area contributed by atoms with Gasteiger partial charge in [-0.15, -0.1) is 11.3 Å². The average Bonchev–Trinajstić information content (AvgIpc) is 2.69. The molecular weight excluding hydrogens is 284 g/mol. The molecule has 0 amide bonds. The first-order valence-electron chi connectivity index (χ1n) is 4.99. The smallest absolute Gasteiger partial charge is 0.0813 e. The van der Waals surface area contributed by atoms with Crippen molar-refractivity contribution < 1.29 is 0 Å². The number of nitrogens with two attached hydrogens (primary N) is 1. The fraction of sp³-hybridized carbons (Fsp3) is 0.167. The Morgan fingerprint density at radius 1 is 1.25 bits per heavy atom. The molecule has 0 fully saturated rings. The highest BCUT2D eigenvalue weighted by Gasteiger charge is 2.16. The van der Waals surface area contributed by atoms with Gasteiger partial charge >= 0.3 is 0 Å². The van der Waals surface area contributed by atoms with Gasteiger partial charge in [-0.1, -0.05) is 34.1 Å². The van der Waals surface area contributed by atoms with Crippen LogP contribution >= 0.6 is 27.3 Å². The van der Waals surface area contributed by atoms with Crippen molar-refractivity contribution in [3.63, 3.8) is 0 Å². The summed E-state index contributed by atoms with van der Waals surface area (Å²) in [6.45, 7) is 2.10. The molecule has 0 aliphatic rings. The third-order valence-corrected chi connectivity index (χ3v) is 4.22. The lowest BCUT2D eigenvalue weighted by Gasteiger charge is -2.16. The Bertz CT molecular complexity index is 481. The SMILES string of the molecule is Cc1ccc(C(NN)c2ccccc2Br)s1. The largest absolute Gasteiger partial charge is 0.271 e. The van der Waals surface area contributed by atoms with E-state index in [2.05, 4.69) is 46.5 Å². The van der Waals surface area contributed by atoms with Gasteiger partial charge in [0.2, 0.25) is 0 Å². The summed E-state index contributed by atoms with van der Waals surface area (Å²) < 4.78 is 1.07. The number of benzene rings is 1. The quantitative estimate of drug-likeness (QED) is 0.673. The summed E-state index contributed by atoms with van der Waals surface area (Å²) in [5, 5.41) is 0. The number of rotatable bonds is 3. The predicted octanol–water partition coefficient (Wildman–Crippen LogP) is 3.37. The van der Waals surface area contributed by atoms with Crippen LogP contribution in [0.1, 0.15) is 21.4 Å². The fourth-order valence-electron chi connectivity index (χ4n) is 1.64. The molecule has 2 aromatic rings. The highest BCUT2D eigenvalue weighted by atomic mass is 79.9. The number of hydrazine groups is 1. The van der Waals surface area contributed by atoms with Crippen molar-refractivity contribution in [3.8, 4) is 0 Å². The third-order valence-electron chi connectivity index (χ3n) is 2.43. The lowest BCUT2D eigenvalue weighted by Crippen LogP contribution is -2.28. The van der Waals surface area contributed by atoms with Crippen LogP contribution in [0.2, 0.25) is 0 Å². The molecule has 0 aliphatic heterocycles. The molecule has 2 nitrogen and oxygen atoms in total. The molecule has 1 unspecified atom stereocenters. The molecule has 2 rings (SSSR count). The summed E-state index contributed by atoms with van der Waals surface area (Å²) >= 11 is 5.31. The Labute approximate surface area is 108 Å². The molecule has 16 heavy (non-hydrogen) atoms. The number of hydrogen-bond donors (Lipinski definition) is 2. The number of thiophene rings is 1. The van der Waals surface area contributed by atoms with Crippen molar-refractivity contribution in [2.24, 2.45) is 5.84 Å². The highest BCUT2D eigenvalue weighted by Crippen LogP contribution is 2.31. The second-order valence-corrected chi connectivity index (χ2v) is 5.74. The fourth-order valence-corrected chi connectivity index (χ4v) is 3.11. The van der Waals surface area contributed by atoms with Gasteiger partial charge < -0.3 is 0 Å². The van der Waals surface area contributed by atoms with Gasteiger partial charge in [-0.05, 0) is 30.7 Å². The van der Waals surface area contributed by atoms with E-state index in [-0.39, 0.29) is 6.04 Å². The lowest BCUT2D eigenvalue weighted by molar-refractivity contribution is 0.644. The summed E-state index contributed by atoms with van der Waals surface area (Å²) in [5.41, 5.74) is 4.03. The van der Waals surface area contributed by atoms with Crippen molar-refractivity contribution in [3.05, 3.63) is 56.2 Å². The van der Waals surface area contributed by atoms with E-state index < -0.39 is 0 Å². The first kappa shape index (κ1) is 11.8. The van der Waals surface area contributed by atoms with Gasteiger partial charge in [-0.3, -0.25) is 5.84 Å². The molecule has 0 spiro atoms. The van der Waals surface area contributed by atoms with Crippen LogP contribution in [0.5, 0.6) is 0 Å². The van der Waals surface area contributed by atoms with Gasteiger partial charge in [0.15, 0.2) is 0 Å². The molecule has 0 saturated heterocycles. The number of nitrogens with one attached hydrogen (secondary N) is 1. The molecule has 1 heterocycles. The Balaban J connectivity index is 2.40. The number of hydrogen-bond acceptors (Lipinski definition) is 3. The van der Waals surface area contributed by atoms with Crippen LogP contribution in [-0.2, 0) is 0 Å². The van der Waals surface area contributed by atoms with E-state index in [1.165, 1.54) is 9.75 Å². The van der Waals surface area contributed by atoms with E-state index in [9.17, 15) is 0 Å². The normalized spacial score (nSPS) is 12.7. The summed E-state index contributed by atoms with van der Waals surface area (Å²) in [6.07, 6.45) is 0. The molecule has 0 bridgehead atoms. The minimum absolute atomic E-state index is 0.0503. The van der Waals surface area contributed by atoms with Crippen LogP contribution in [-0.4, -0.2) is 0 Å². The Kier molecular flexibility index (Phi) is 3.76. The molecule has 4 heteroatoms. The van der Waals surface area contributed by atoms with Gasteiger partial charge in [-0.2, -0.15) is 0 Å². The molecule has 0 radical (unpaired) electrons. The molecule has 0 aliphatic carbocycles. The zero-order valence-electron chi connectivity index (χ0n) is 8.91. The van der Waals surface area contributed by atoms with Crippen LogP contribution in [0.4, 0.5) is 0 Å². The molecule has 84 valence electrons. The minimum Gasteiger partial charge on any atom is -0.271 e. The van der Waals surface area contributed by atoms with Gasteiger partial charge in [0.25, 0.3) is 0 Å². The Morgan fingerprint density at radius 3 is 2.56 bits per heavy atom. The van der Waals surface area contributed by atoms with Crippen molar-refractivity contribution in [1.82, 2.24) is 5.43 Å². The molecule has 1 aromatic heterocycles. The van der Waals surface area contributed by atoms with Crippen molar-refractivity contribution >= 4 is 27.3 Å². The monoisotopic (exact) mass is 296 g/mol. The first-order valence-corrected chi connectivity index (χ1v) is 6.60. The van der Waals surface area contributed by atoms with Gasteiger partial charge in [0, 0.05) is 14.2 Å². The second-order valence-electron chi connectivity index (χ2n) is 3.57. The van der Waals surface area contributed by atoms with E-state index in [0.717, 1.165) is 10.0 Å². The maximum atomic E-state index is 5.65. The Morgan fingerprint density at radius 2 is 2.00 bits per heavy atom. The summed E-state index contributed by atoms with van der Waals surface area (Å²) in [4.78, 5) is 2.52. The average molecular weight is 297 g/mol. The van der Waals surface area contributed by atoms with Gasteiger partial charge in [0.1, 0.15) is 0 Å². The summed E-state index contributed by atoms with van der Waals surface area (Å²) in [5.74, 6) is 5.65. The van der Waals surface area contributed by atoms with Gasteiger partial charge in [0.05, 0.1) is 6.04 Å². The van der Waals surface area contributed by atoms with Gasteiger partial charge in [-0.25, -0.2) is 5.43 Å². The molecule has 0 saturated carbocycles. The second kappa shape index (κ2) is 5.10. The molecule has 3 N–H and O–H groups in total. The summed E-state index contributed by atoms with van der Waals surface area (Å²) in [7, 11) is 0. The molecular formula is C12H13BrN2S. The van der Waals surface area contributed by atoms with Crippen molar-refractivity contribution in [2.45, 2.75) is 13.0 Å². The zero-order chi connectivity index (χ0) is 11.5. The first-order chi connectivity index (χ1) is 7.72. The minimum atomic E-state index is 0.0503. The third kappa shape index (κ3) is 2.35. The molecule has 1 atom stereocenters.